The summed E-state index contributed by atoms with van der Waals surface area (Å²) >= 11 is 0. The number of amides is 1. The fourth-order valence-corrected chi connectivity index (χ4v) is 3.44. The molecule has 0 radical (unpaired) electrons. The van der Waals surface area contributed by atoms with Gasteiger partial charge in [-0.15, -0.1) is 0 Å². The first-order valence-corrected chi connectivity index (χ1v) is 9.04. The second-order valence-electron chi connectivity index (χ2n) is 6.75. The molecule has 136 valence electrons. The third-order valence-corrected chi connectivity index (χ3v) is 4.85. The summed E-state index contributed by atoms with van der Waals surface area (Å²) in [5.74, 6) is 1.19. The van der Waals surface area contributed by atoms with Crippen molar-refractivity contribution in [1.29, 1.82) is 0 Å². The van der Waals surface area contributed by atoms with Gasteiger partial charge in [-0.05, 0) is 42.0 Å². The summed E-state index contributed by atoms with van der Waals surface area (Å²) in [4.78, 5) is 17.9. The molecule has 5 heteroatoms. The van der Waals surface area contributed by atoms with E-state index < -0.39 is 5.91 Å². The van der Waals surface area contributed by atoms with Crippen molar-refractivity contribution >= 4 is 11.9 Å². The Balaban J connectivity index is 1.52. The zero-order valence-corrected chi connectivity index (χ0v) is 15.2. The number of likely N-dealkylation sites (tertiary alicyclic amines) is 1. The van der Waals surface area contributed by atoms with E-state index in [1.807, 2.05) is 19.2 Å². The van der Waals surface area contributed by atoms with Crippen LogP contribution in [0.25, 0.3) is 0 Å². The second-order valence-corrected chi connectivity index (χ2v) is 6.75. The number of hydrogen-bond acceptors (Lipinski definition) is 2. The third kappa shape index (κ3) is 4.63. The van der Waals surface area contributed by atoms with Crippen LogP contribution in [-0.2, 0) is 13.0 Å². The minimum absolute atomic E-state index is 0.401. The summed E-state index contributed by atoms with van der Waals surface area (Å²) in [5, 5.41) is 3.42. The van der Waals surface area contributed by atoms with Gasteiger partial charge in [-0.25, -0.2) is 0 Å². The molecule has 2 aromatic carbocycles. The molecule has 5 nitrogen and oxygen atoms in total. The van der Waals surface area contributed by atoms with Crippen LogP contribution in [0, 0.1) is 5.92 Å². The van der Waals surface area contributed by atoms with Crippen LogP contribution in [0.1, 0.15) is 27.9 Å². The molecule has 1 fully saturated rings. The van der Waals surface area contributed by atoms with Crippen LogP contribution in [-0.4, -0.2) is 36.9 Å². The van der Waals surface area contributed by atoms with Crippen LogP contribution in [0.2, 0.25) is 0 Å². The summed E-state index contributed by atoms with van der Waals surface area (Å²) in [6.45, 7) is 2.72. The second kappa shape index (κ2) is 8.52. The van der Waals surface area contributed by atoms with Gasteiger partial charge in [-0.3, -0.25) is 9.79 Å². The first-order chi connectivity index (χ1) is 12.7. The van der Waals surface area contributed by atoms with Crippen LogP contribution in [0.5, 0.6) is 0 Å². The van der Waals surface area contributed by atoms with Gasteiger partial charge in [0.2, 0.25) is 5.91 Å². The molecule has 26 heavy (non-hydrogen) atoms. The van der Waals surface area contributed by atoms with Crippen LogP contribution < -0.4 is 11.1 Å². The minimum Gasteiger partial charge on any atom is -0.366 e. The molecule has 1 saturated heterocycles. The fraction of sp³-hybridized carbons (Fsp3) is 0.333. The molecule has 1 aliphatic rings. The van der Waals surface area contributed by atoms with Gasteiger partial charge in [0.25, 0.3) is 0 Å². The van der Waals surface area contributed by atoms with E-state index in [1.54, 1.807) is 12.1 Å². The van der Waals surface area contributed by atoms with Gasteiger partial charge in [0.05, 0.1) is 0 Å². The van der Waals surface area contributed by atoms with Crippen molar-refractivity contribution in [2.24, 2.45) is 16.6 Å². The first-order valence-electron chi connectivity index (χ1n) is 9.04. The molecule has 0 saturated carbocycles. The number of nitrogens with two attached hydrogens (primary N) is 1. The van der Waals surface area contributed by atoms with Crippen molar-refractivity contribution in [3.8, 4) is 0 Å². The molecule has 3 rings (SSSR count). The van der Waals surface area contributed by atoms with E-state index in [2.05, 4.69) is 45.5 Å². The lowest BCUT2D eigenvalue weighted by atomic mass is 9.99. The minimum atomic E-state index is -0.401. The molecule has 0 aromatic heterocycles. The highest BCUT2D eigenvalue weighted by Gasteiger charge is 2.24. The van der Waals surface area contributed by atoms with Crippen molar-refractivity contribution in [2.45, 2.75) is 19.4 Å². The molecular formula is C21H26N4O. The third-order valence-electron chi connectivity index (χ3n) is 4.85. The zero-order valence-electron chi connectivity index (χ0n) is 15.2. The van der Waals surface area contributed by atoms with Crippen LogP contribution in [0.15, 0.2) is 59.6 Å². The lowest BCUT2D eigenvalue weighted by Gasteiger charge is -2.22. The SMILES string of the molecule is CN=C(NCc1ccc(C(N)=O)cc1)N1CCC(Cc2ccccc2)C1. The number of nitrogens with zero attached hydrogens (tertiary/aromatic N) is 2. The highest BCUT2D eigenvalue weighted by Crippen LogP contribution is 2.21. The van der Waals surface area contributed by atoms with Crippen LogP contribution in [0.3, 0.4) is 0 Å². The predicted molar refractivity (Wildman–Crippen MR) is 105 cm³/mol. The van der Waals surface area contributed by atoms with Gasteiger partial charge < -0.3 is 16.0 Å². The molecule has 0 spiro atoms. The Hall–Kier alpha value is -2.82. The van der Waals surface area contributed by atoms with Crippen molar-refractivity contribution in [3.63, 3.8) is 0 Å². The normalized spacial score (nSPS) is 17.3. The lowest BCUT2D eigenvalue weighted by Crippen LogP contribution is -2.39. The largest absolute Gasteiger partial charge is 0.366 e. The number of aliphatic imine (C=N–C) groups is 1. The van der Waals surface area contributed by atoms with Gasteiger partial charge in [0, 0.05) is 32.2 Å². The molecule has 0 aliphatic carbocycles. The van der Waals surface area contributed by atoms with Crippen molar-refractivity contribution in [1.82, 2.24) is 10.2 Å². The highest BCUT2D eigenvalue weighted by molar-refractivity contribution is 5.92. The zero-order chi connectivity index (χ0) is 18.4. The number of hydrogen-bond donors (Lipinski definition) is 2. The molecule has 1 amide bonds. The Morgan fingerprint density at radius 1 is 1.15 bits per heavy atom. The Bertz CT molecular complexity index is 755. The molecule has 2 aromatic rings. The quantitative estimate of drug-likeness (QED) is 0.643. The lowest BCUT2D eigenvalue weighted by molar-refractivity contribution is 0.100. The fourth-order valence-electron chi connectivity index (χ4n) is 3.44. The first kappa shape index (κ1) is 18.0. The summed E-state index contributed by atoms with van der Waals surface area (Å²) < 4.78 is 0. The summed E-state index contributed by atoms with van der Waals surface area (Å²) in [5.41, 5.74) is 8.30. The smallest absolute Gasteiger partial charge is 0.248 e. The molecular weight excluding hydrogens is 324 g/mol. The monoisotopic (exact) mass is 350 g/mol. The van der Waals surface area contributed by atoms with E-state index in [-0.39, 0.29) is 0 Å². The molecule has 1 unspecified atom stereocenters. The van der Waals surface area contributed by atoms with Crippen LogP contribution >= 0.6 is 0 Å². The number of rotatable bonds is 5. The number of primary amides is 1. The Kier molecular flexibility index (Phi) is 5.89. The van der Waals surface area contributed by atoms with Gasteiger partial charge in [0.15, 0.2) is 5.96 Å². The maximum absolute atomic E-state index is 11.1. The summed E-state index contributed by atoms with van der Waals surface area (Å²) in [7, 11) is 1.82. The van der Waals surface area contributed by atoms with Crippen LogP contribution in [0.4, 0.5) is 0 Å². The van der Waals surface area contributed by atoms with E-state index in [0.717, 1.165) is 31.0 Å². The van der Waals surface area contributed by atoms with Crippen molar-refractivity contribution < 1.29 is 4.79 Å². The Morgan fingerprint density at radius 3 is 2.54 bits per heavy atom. The van der Waals surface area contributed by atoms with E-state index in [1.165, 1.54) is 12.0 Å². The number of carbonyl (C=O) groups is 1. The van der Waals surface area contributed by atoms with Gasteiger partial charge in [-0.1, -0.05) is 42.5 Å². The molecule has 1 heterocycles. The van der Waals surface area contributed by atoms with Crippen molar-refractivity contribution in [3.05, 3.63) is 71.3 Å². The molecule has 0 bridgehead atoms. The van der Waals surface area contributed by atoms with E-state index in [0.29, 0.717) is 18.0 Å². The standard InChI is InChI=1S/C21H26N4O/c1-23-21(24-14-17-7-9-19(10-8-17)20(22)26)25-12-11-18(15-25)13-16-5-3-2-4-6-16/h2-10,18H,11-15H2,1H3,(H2,22,26)(H,23,24). The van der Waals surface area contributed by atoms with Gasteiger partial charge in [-0.2, -0.15) is 0 Å². The van der Waals surface area contributed by atoms with E-state index >= 15 is 0 Å². The predicted octanol–water partition coefficient (Wildman–Crippen LogP) is 2.43. The summed E-state index contributed by atoms with van der Waals surface area (Å²) in [6.07, 6.45) is 2.30. The number of carbonyl (C=O) groups excluding carboxylic acids is 1. The summed E-state index contributed by atoms with van der Waals surface area (Å²) in [6, 6.07) is 18.0. The Morgan fingerprint density at radius 2 is 1.88 bits per heavy atom. The van der Waals surface area contributed by atoms with Gasteiger partial charge >= 0.3 is 0 Å². The average molecular weight is 350 g/mol. The van der Waals surface area contributed by atoms with Gasteiger partial charge in [0.1, 0.15) is 0 Å². The number of nitrogens with one attached hydrogen (secondary N) is 1. The molecule has 1 aliphatic heterocycles. The average Bonchev–Trinajstić information content (AvgIpc) is 3.12. The van der Waals surface area contributed by atoms with Crippen molar-refractivity contribution in [2.75, 3.05) is 20.1 Å². The maximum Gasteiger partial charge on any atom is 0.248 e. The molecule has 3 N–H and O–H groups in total. The molecule has 1 atom stereocenters. The topological polar surface area (TPSA) is 70.7 Å². The highest BCUT2D eigenvalue weighted by atomic mass is 16.1. The number of guanidine groups is 1. The van der Waals surface area contributed by atoms with E-state index in [9.17, 15) is 4.79 Å². The Labute approximate surface area is 154 Å². The maximum atomic E-state index is 11.1. The van der Waals surface area contributed by atoms with E-state index in [4.69, 9.17) is 5.73 Å². The number of benzene rings is 2.